The summed E-state index contributed by atoms with van der Waals surface area (Å²) < 4.78 is 18.9. The van der Waals surface area contributed by atoms with E-state index < -0.39 is 10.6 Å². The van der Waals surface area contributed by atoms with E-state index in [2.05, 4.69) is 11.0 Å². The van der Waals surface area contributed by atoms with Crippen molar-refractivity contribution >= 4 is 10.6 Å². The van der Waals surface area contributed by atoms with Gasteiger partial charge in [-0.1, -0.05) is 24.3 Å². The van der Waals surface area contributed by atoms with Crippen LogP contribution in [0.5, 0.6) is 0 Å². The van der Waals surface area contributed by atoms with Crippen molar-refractivity contribution < 1.29 is 9.11 Å². The number of hydrogen-bond acceptors (Lipinski definition) is 3. The van der Waals surface area contributed by atoms with E-state index in [9.17, 15) is 9.11 Å². The first-order valence-corrected chi connectivity index (χ1v) is 6.96. The third-order valence-electron chi connectivity index (χ3n) is 2.64. The van der Waals surface area contributed by atoms with Gasteiger partial charge >= 0.3 is 0 Å². The van der Waals surface area contributed by atoms with E-state index in [1.54, 1.807) is 0 Å². The lowest BCUT2D eigenvalue weighted by molar-refractivity contribution is 0.278. The molecule has 1 aliphatic heterocycles. The van der Waals surface area contributed by atoms with Crippen LogP contribution in [0.2, 0.25) is 0 Å². The molecule has 15 heavy (non-hydrogen) atoms. The number of hydrogen-bond donors (Lipinski definition) is 2. The van der Waals surface area contributed by atoms with Crippen molar-refractivity contribution in [3.63, 3.8) is 0 Å². The van der Waals surface area contributed by atoms with Crippen LogP contribution in [-0.2, 0) is 6.54 Å². The molecule has 0 amide bonds. The van der Waals surface area contributed by atoms with Gasteiger partial charge in [-0.25, -0.2) is 0 Å². The van der Waals surface area contributed by atoms with Crippen LogP contribution in [0.3, 0.4) is 0 Å². The third-order valence-corrected chi connectivity index (χ3v) is 4.31. The summed E-state index contributed by atoms with van der Waals surface area (Å²) in [4.78, 5) is 2.24. The van der Waals surface area contributed by atoms with Crippen LogP contribution in [0.25, 0.3) is 0 Å². The maximum Gasteiger partial charge on any atom is 0.0502 e. The minimum atomic E-state index is -2.26. The Bertz CT molecular complexity index is 306. The molecule has 83 valence electrons. The number of benzene rings is 1. The zero-order chi connectivity index (χ0) is 10.7. The monoisotopic (exact) mass is 226 g/mol. The molecule has 0 spiro atoms. The quantitative estimate of drug-likeness (QED) is 0.811. The van der Waals surface area contributed by atoms with E-state index in [0.29, 0.717) is 11.5 Å². The molecule has 1 saturated heterocycles. The highest BCUT2D eigenvalue weighted by Gasteiger charge is 2.21. The Labute approximate surface area is 92.1 Å². The molecule has 0 aromatic heterocycles. The van der Waals surface area contributed by atoms with E-state index in [1.807, 2.05) is 24.3 Å². The van der Waals surface area contributed by atoms with Gasteiger partial charge < -0.3 is 0 Å². The summed E-state index contributed by atoms with van der Waals surface area (Å²) in [5.41, 5.74) is 1.16. The van der Waals surface area contributed by atoms with E-state index in [1.165, 1.54) is 0 Å². The van der Waals surface area contributed by atoms with Crippen LogP contribution in [0.1, 0.15) is 5.56 Å². The highest BCUT2D eigenvalue weighted by molar-refractivity contribution is 8.24. The highest BCUT2D eigenvalue weighted by atomic mass is 32.3. The van der Waals surface area contributed by atoms with Gasteiger partial charge in [0.15, 0.2) is 0 Å². The van der Waals surface area contributed by atoms with Crippen molar-refractivity contribution in [1.29, 1.82) is 0 Å². The molecule has 2 rings (SSSR count). The summed E-state index contributed by atoms with van der Waals surface area (Å²) >= 11 is 0. The summed E-state index contributed by atoms with van der Waals surface area (Å²) in [6, 6.07) is 11.1. The predicted octanol–water partition coefficient (Wildman–Crippen LogP) is 2.05. The molecule has 0 atom stereocenters. The topological polar surface area (TPSA) is 43.7 Å². The Morgan fingerprint density at radius 1 is 1.27 bits per heavy atom. The average Bonchev–Trinajstić information content (AvgIpc) is 2.23. The first-order chi connectivity index (χ1) is 7.16. The van der Waals surface area contributed by atoms with E-state index >= 15 is 0 Å². The fourth-order valence-electron chi connectivity index (χ4n) is 1.69. The third kappa shape index (κ3) is 3.21. The second-order valence-corrected chi connectivity index (χ2v) is 6.30. The molecule has 1 radical (unpaired) electrons. The van der Waals surface area contributed by atoms with Crippen molar-refractivity contribution in [2.24, 2.45) is 0 Å². The summed E-state index contributed by atoms with van der Waals surface area (Å²) in [6.07, 6.45) is 0. The van der Waals surface area contributed by atoms with Gasteiger partial charge in [-0.2, -0.15) is 10.6 Å². The van der Waals surface area contributed by atoms with Crippen molar-refractivity contribution in [2.45, 2.75) is 6.54 Å². The lowest BCUT2D eigenvalue weighted by Crippen LogP contribution is -2.37. The number of rotatable bonds is 2. The Hall–Kier alpha value is -0.550. The molecule has 1 aromatic carbocycles. The summed E-state index contributed by atoms with van der Waals surface area (Å²) in [7, 11) is -2.26. The molecular formula is C11H16NO2S. The smallest absolute Gasteiger partial charge is 0.0502 e. The zero-order valence-corrected chi connectivity index (χ0v) is 9.41. The van der Waals surface area contributed by atoms with Crippen LogP contribution in [-0.4, -0.2) is 38.6 Å². The predicted molar refractivity (Wildman–Crippen MR) is 63.1 cm³/mol. The van der Waals surface area contributed by atoms with Crippen LogP contribution in [0, 0.1) is 6.07 Å². The first-order valence-electron chi connectivity index (χ1n) is 5.07. The fourth-order valence-corrected chi connectivity index (χ4v) is 3.00. The minimum Gasteiger partial charge on any atom is -0.299 e. The Morgan fingerprint density at radius 2 is 2.00 bits per heavy atom. The Morgan fingerprint density at radius 3 is 2.60 bits per heavy atom. The molecule has 1 aromatic rings. The van der Waals surface area contributed by atoms with E-state index in [-0.39, 0.29) is 0 Å². The molecule has 0 bridgehead atoms. The first kappa shape index (κ1) is 11.0. The van der Waals surface area contributed by atoms with Crippen molar-refractivity contribution in [2.75, 3.05) is 24.6 Å². The largest absolute Gasteiger partial charge is 0.299 e. The molecule has 0 saturated carbocycles. The van der Waals surface area contributed by atoms with Crippen LogP contribution >= 0.6 is 10.6 Å². The molecule has 1 fully saturated rings. The molecule has 0 aliphatic carbocycles. The lowest BCUT2D eigenvalue weighted by atomic mass is 10.2. The molecule has 2 N–H and O–H groups in total. The molecule has 3 nitrogen and oxygen atoms in total. The number of nitrogens with zero attached hydrogens (tertiary/aromatic N) is 1. The second kappa shape index (κ2) is 4.53. The normalized spacial score (nSPS) is 23.6. The van der Waals surface area contributed by atoms with Gasteiger partial charge in [0.25, 0.3) is 0 Å². The maximum atomic E-state index is 9.46. The van der Waals surface area contributed by atoms with Gasteiger partial charge in [-0.05, 0) is 11.6 Å². The Kier molecular flexibility index (Phi) is 3.31. The Balaban J connectivity index is 1.88. The lowest BCUT2D eigenvalue weighted by Gasteiger charge is -2.40. The summed E-state index contributed by atoms with van der Waals surface area (Å²) in [5, 5.41) is 0. The average molecular weight is 226 g/mol. The highest BCUT2D eigenvalue weighted by Crippen LogP contribution is 2.40. The molecular weight excluding hydrogens is 210 g/mol. The van der Waals surface area contributed by atoms with E-state index in [0.717, 1.165) is 25.2 Å². The fraction of sp³-hybridized carbons (Fsp3) is 0.455. The van der Waals surface area contributed by atoms with Gasteiger partial charge in [0.2, 0.25) is 0 Å². The minimum absolute atomic E-state index is 0.514. The molecule has 0 unspecified atom stereocenters. The van der Waals surface area contributed by atoms with Gasteiger partial charge in [0.05, 0.1) is 11.5 Å². The zero-order valence-electron chi connectivity index (χ0n) is 8.59. The molecule has 1 heterocycles. The SMILES string of the molecule is OS1(O)CCN(Cc2[c]cccc2)CC1. The second-order valence-electron chi connectivity index (χ2n) is 3.87. The molecule has 4 heteroatoms. The van der Waals surface area contributed by atoms with Crippen LogP contribution in [0.4, 0.5) is 0 Å². The maximum absolute atomic E-state index is 9.46. The molecule has 1 aliphatic rings. The van der Waals surface area contributed by atoms with Crippen LogP contribution in [0.15, 0.2) is 24.3 Å². The van der Waals surface area contributed by atoms with Gasteiger partial charge in [0, 0.05) is 19.6 Å². The summed E-state index contributed by atoms with van der Waals surface area (Å²) in [5.74, 6) is 1.03. The van der Waals surface area contributed by atoms with Gasteiger partial charge in [-0.3, -0.25) is 14.0 Å². The van der Waals surface area contributed by atoms with Crippen molar-refractivity contribution in [3.05, 3.63) is 35.9 Å². The van der Waals surface area contributed by atoms with Gasteiger partial charge in [0.1, 0.15) is 0 Å². The standard InChI is InChI=1S/C11H16NO2S/c13-15(14)8-6-12(7-9-15)10-11-4-2-1-3-5-11/h1-4,13-14H,6-10H2. The van der Waals surface area contributed by atoms with E-state index in [4.69, 9.17) is 0 Å². The summed E-state index contributed by atoms with van der Waals surface area (Å²) in [6.45, 7) is 2.40. The van der Waals surface area contributed by atoms with Gasteiger partial charge in [-0.15, -0.1) is 0 Å². The van der Waals surface area contributed by atoms with Crippen molar-refractivity contribution in [1.82, 2.24) is 4.90 Å². The van der Waals surface area contributed by atoms with Crippen LogP contribution < -0.4 is 0 Å². The van der Waals surface area contributed by atoms with Crippen molar-refractivity contribution in [3.8, 4) is 0 Å².